The van der Waals surface area contributed by atoms with Crippen LogP contribution in [0.4, 0.5) is 17.1 Å². The minimum absolute atomic E-state index is 0.0156. The van der Waals surface area contributed by atoms with Crippen molar-refractivity contribution in [3.05, 3.63) is 112 Å². The predicted molar refractivity (Wildman–Crippen MR) is 159 cm³/mol. The van der Waals surface area contributed by atoms with Crippen LogP contribution < -0.4 is 14.8 Å². The molecule has 0 fully saturated rings. The lowest BCUT2D eigenvalue weighted by Gasteiger charge is -2.13. The highest BCUT2D eigenvalue weighted by Crippen LogP contribution is 2.24. The zero-order valence-corrected chi connectivity index (χ0v) is 24.5. The highest BCUT2D eigenvalue weighted by atomic mass is 32.2. The Morgan fingerprint density at radius 2 is 1.12 bits per heavy atom. The molecule has 40 heavy (non-hydrogen) atoms. The van der Waals surface area contributed by atoms with Gasteiger partial charge in [0.1, 0.15) is 0 Å². The monoisotopic (exact) mass is 577 g/mol. The van der Waals surface area contributed by atoms with E-state index in [4.69, 9.17) is 0 Å². The second kappa shape index (κ2) is 11.1. The summed E-state index contributed by atoms with van der Waals surface area (Å²) in [6, 6.07) is 20.8. The highest BCUT2D eigenvalue weighted by molar-refractivity contribution is 7.93. The van der Waals surface area contributed by atoms with E-state index in [1.54, 1.807) is 37.3 Å². The van der Waals surface area contributed by atoms with Crippen LogP contribution in [0.2, 0.25) is 0 Å². The van der Waals surface area contributed by atoms with Crippen molar-refractivity contribution in [2.45, 2.75) is 44.4 Å². The molecule has 0 aliphatic carbocycles. The normalized spacial score (nSPS) is 11.6. The van der Waals surface area contributed by atoms with Crippen molar-refractivity contribution >= 4 is 43.0 Å². The maximum absolute atomic E-state index is 13.2. The van der Waals surface area contributed by atoms with Gasteiger partial charge < -0.3 is 5.32 Å². The van der Waals surface area contributed by atoms with Gasteiger partial charge in [-0.05, 0) is 123 Å². The molecule has 0 aromatic heterocycles. The van der Waals surface area contributed by atoms with Crippen molar-refractivity contribution in [2.24, 2.45) is 0 Å². The molecule has 10 heteroatoms. The molecule has 0 unspecified atom stereocenters. The van der Waals surface area contributed by atoms with Gasteiger partial charge in [-0.25, -0.2) is 16.8 Å². The van der Waals surface area contributed by atoms with Crippen molar-refractivity contribution in [2.75, 3.05) is 14.8 Å². The van der Waals surface area contributed by atoms with Crippen molar-refractivity contribution < 1.29 is 21.6 Å². The molecule has 4 aromatic carbocycles. The van der Waals surface area contributed by atoms with Crippen LogP contribution >= 0.6 is 0 Å². The second-order valence-corrected chi connectivity index (χ2v) is 13.2. The molecule has 1 amide bonds. The van der Waals surface area contributed by atoms with Gasteiger partial charge >= 0.3 is 0 Å². The van der Waals surface area contributed by atoms with Crippen LogP contribution in [-0.4, -0.2) is 22.7 Å². The minimum Gasteiger partial charge on any atom is -0.322 e. The number of carbonyl (C=O) groups is 1. The van der Waals surface area contributed by atoms with E-state index in [1.807, 2.05) is 39.8 Å². The topological polar surface area (TPSA) is 121 Å². The Bertz CT molecular complexity index is 1790. The van der Waals surface area contributed by atoms with Crippen molar-refractivity contribution in [1.82, 2.24) is 0 Å². The number of sulfonamides is 2. The summed E-state index contributed by atoms with van der Waals surface area (Å²) in [7, 11) is -7.80. The summed E-state index contributed by atoms with van der Waals surface area (Å²) in [5, 5.41) is 2.69. The molecule has 4 rings (SSSR count). The summed E-state index contributed by atoms with van der Waals surface area (Å²) in [6.07, 6.45) is 0. The van der Waals surface area contributed by atoms with Gasteiger partial charge in [0, 0.05) is 22.6 Å². The van der Waals surface area contributed by atoms with Crippen molar-refractivity contribution in [3.63, 3.8) is 0 Å². The van der Waals surface area contributed by atoms with E-state index in [2.05, 4.69) is 14.8 Å². The van der Waals surface area contributed by atoms with E-state index in [-0.39, 0.29) is 15.4 Å². The summed E-state index contributed by atoms with van der Waals surface area (Å²) in [5.41, 5.74) is 5.73. The molecule has 0 heterocycles. The molecule has 0 saturated heterocycles. The van der Waals surface area contributed by atoms with Crippen molar-refractivity contribution in [3.8, 4) is 0 Å². The maximum atomic E-state index is 13.2. The molecule has 0 radical (unpaired) electrons. The van der Waals surface area contributed by atoms with Gasteiger partial charge in [0.25, 0.3) is 26.0 Å². The smallest absolute Gasteiger partial charge is 0.262 e. The molecule has 3 N–H and O–H groups in total. The molecule has 0 atom stereocenters. The van der Waals surface area contributed by atoms with Crippen LogP contribution in [-0.2, 0) is 20.0 Å². The number of hydrogen-bond acceptors (Lipinski definition) is 5. The number of hydrogen-bond donors (Lipinski definition) is 3. The number of aryl methyl sites for hydroxylation is 5. The lowest BCUT2D eigenvalue weighted by molar-refractivity contribution is 0.102. The Kier molecular flexibility index (Phi) is 8.04. The molecule has 0 aliphatic heterocycles. The first-order chi connectivity index (χ1) is 18.7. The van der Waals surface area contributed by atoms with Gasteiger partial charge in [-0.15, -0.1) is 0 Å². The van der Waals surface area contributed by atoms with Gasteiger partial charge in [-0.3, -0.25) is 14.2 Å². The van der Waals surface area contributed by atoms with Crippen LogP contribution in [0.3, 0.4) is 0 Å². The SMILES string of the molecule is Cc1cc(C)cc(NS(=O)(=O)c2cc(C(=O)Nc3ccc(S(=O)(=O)Nc4ccc(C)c(C)c4)cc3)ccc2C)c1. The molecule has 8 nitrogen and oxygen atoms in total. The van der Waals surface area contributed by atoms with Crippen LogP contribution in [0, 0.1) is 34.6 Å². The van der Waals surface area contributed by atoms with Gasteiger partial charge in [0.05, 0.1) is 9.79 Å². The summed E-state index contributed by atoms with van der Waals surface area (Å²) >= 11 is 0. The number of anilines is 3. The molecule has 0 aliphatic rings. The minimum atomic E-state index is -3.96. The fourth-order valence-corrected chi connectivity index (χ4v) is 6.58. The van der Waals surface area contributed by atoms with Gasteiger partial charge in [0.15, 0.2) is 0 Å². The Morgan fingerprint density at radius 3 is 1.75 bits per heavy atom. The molecule has 4 aromatic rings. The Labute approximate surface area is 235 Å². The fraction of sp³-hybridized carbons (Fsp3) is 0.167. The lowest BCUT2D eigenvalue weighted by Crippen LogP contribution is -2.17. The number of amides is 1. The molecule has 208 valence electrons. The third kappa shape index (κ3) is 6.70. The van der Waals surface area contributed by atoms with Gasteiger partial charge in [-0.2, -0.15) is 0 Å². The molecular formula is C30H31N3O5S2. The second-order valence-electron chi connectivity index (χ2n) is 9.85. The molecule has 0 spiro atoms. The van der Waals surface area contributed by atoms with E-state index >= 15 is 0 Å². The summed E-state index contributed by atoms with van der Waals surface area (Å²) in [6.45, 7) is 9.26. The van der Waals surface area contributed by atoms with E-state index in [1.165, 1.54) is 36.4 Å². The van der Waals surface area contributed by atoms with Crippen LogP contribution in [0.15, 0.2) is 88.7 Å². The average Bonchev–Trinajstić information content (AvgIpc) is 2.85. The number of rotatable bonds is 8. The standard InChI is InChI=1S/C30H31N3O5S2/c1-19-14-20(2)16-27(15-19)33-40(37,38)29-18-24(8-6-22(29)4)30(34)31-25-10-12-28(13-11-25)39(35,36)32-26-9-7-21(3)23(5)17-26/h6-18,32-33H,1-5H3,(H,31,34). The Hall–Kier alpha value is -4.15. The first kappa shape index (κ1) is 28.8. The molecule has 0 bridgehead atoms. The van der Waals surface area contributed by atoms with E-state index in [0.29, 0.717) is 22.6 Å². The van der Waals surface area contributed by atoms with Crippen LogP contribution in [0.5, 0.6) is 0 Å². The highest BCUT2D eigenvalue weighted by Gasteiger charge is 2.20. The lowest BCUT2D eigenvalue weighted by atomic mass is 10.1. The zero-order chi connectivity index (χ0) is 29.2. The maximum Gasteiger partial charge on any atom is 0.262 e. The van der Waals surface area contributed by atoms with E-state index in [9.17, 15) is 21.6 Å². The Morgan fingerprint density at radius 1 is 0.550 bits per heavy atom. The molecular weight excluding hydrogens is 546 g/mol. The van der Waals surface area contributed by atoms with Crippen LogP contribution in [0.1, 0.15) is 38.2 Å². The predicted octanol–water partition coefficient (Wildman–Crippen LogP) is 6.08. The number of carbonyl (C=O) groups excluding carboxylic acids is 1. The first-order valence-electron chi connectivity index (χ1n) is 12.5. The van der Waals surface area contributed by atoms with E-state index in [0.717, 1.165) is 22.3 Å². The summed E-state index contributed by atoms with van der Waals surface area (Å²) < 4.78 is 57.1. The van der Waals surface area contributed by atoms with Crippen molar-refractivity contribution in [1.29, 1.82) is 0 Å². The third-order valence-electron chi connectivity index (χ3n) is 6.40. The Balaban J connectivity index is 1.50. The largest absolute Gasteiger partial charge is 0.322 e. The zero-order valence-electron chi connectivity index (χ0n) is 22.9. The quantitative estimate of drug-likeness (QED) is 0.234. The number of benzene rings is 4. The third-order valence-corrected chi connectivity index (χ3v) is 9.32. The van der Waals surface area contributed by atoms with Crippen LogP contribution in [0.25, 0.3) is 0 Å². The summed E-state index contributed by atoms with van der Waals surface area (Å²) in [5.74, 6) is -0.535. The average molecular weight is 578 g/mol. The first-order valence-corrected chi connectivity index (χ1v) is 15.4. The van der Waals surface area contributed by atoms with E-state index < -0.39 is 26.0 Å². The summed E-state index contributed by atoms with van der Waals surface area (Å²) in [4.78, 5) is 13.0. The molecule has 0 saturated carbocycles. The van der Waals surface area contributed by atoms with Gasteiger partial charge in [-0.1, -0.05) is 18.2 Å². The van der Waals surface area contributed by atoms with Gasteiger partial charge in [0.2, 0.25) is 0 Å². The number of nitrogens with one attached hydrogen (secondary N) is 3. The fourth-order valence-electron chi connectivity index (χ4n) is 4.21.